The van der Waals surface area contributed by atoms with Crippen LogP contribution in [0.4, 0.5) is 0 Å². The number of rotatable bonds is 72. The first-order chi connectivity index (χ1) is 40.2. The van der Waals surface area contributed by atoms with Crippen LogP contribution < -0.4 is 0 Å². The van der Waals surface area contributed by atoms with E-state index in [1.165, 1.54) is 443 Å². The molecule has 0 bridgehead atoms. The molecule has 0 saturated carbocycles. The van der Waals surface area contributed by atoms with Crippen molar-refractivity contribution in [1.29, 1.82) is 0 Å². The van der Waals surface area contributed by atoms with E-state index in [1.54, 1.807) is 0 Å². The average Bonchev–Trinajstić information content (AvgIpc) is 3.48. The highest BCUT2D eigenvalue weighted by molar-refractivity contribution is 5.75. The Morgan fingerprint density at radius 3 is 0.232 bits per heavy atom. The third kappa shape index (κ3) is 96.7. The summed E-state index contributed by atoms with van der Waals surface area (Å²) in [7, 11) is 0. The molecule has 0 spiro atoms. The molecular weight excluding hydrogens is 1010 g/mol. The average molecular weight is 1180 g/mol. The highest BCUT2D eigenvalue weighted by atomic mass is 27.0. The molecule has 0 aromatic carbocycles. The smallest absolute Gasteiger partial charge is 0.0431 e. The van der Waals surface area contributed by atoms with Crippen molar-refractivity contribution in [1.82, 2.24) is 0 Å². The summed E-state index contributed by atoms with van der Waals surface area (Å²) in [5.41, 5.74) is 0. The minimum atomic E-state index is 0. The van der Waals surface area contributed by atoms with Crippen molar-refractivity contribution < 1.29 is 15.3 Å². The van der Waals surface area contributed by atoms with Gasteiger partial charge in [0.05, 0.1) is 0 Å². The summed E-state index contributed by atoms with van der Waals surface area (Å²) >= 11 is 0. The maximum absolute atomic E-state index is 8.74. The van der Waals surface area contributed by atoms with E-state index in [0.717, 1.165) is 19.3 Å². The molecule has 495 valence electrons. The Bertz CT molecular complexity index is 770. The van der Waals surface area contributed by atoms with Crippen LogP contribution in [0.1, 0.15) is 483 Å². The lowest BCUT2D eigenvalue weighted by Crippen LogP contribution is -1.85. The van der Waals surface area contributed by atoms with Crippen LogP contribution in [0.2, 0.25) is 0 Å². The van der Waals surface area contributed by atoms with Crippen LogP contribution in [0.25, 0.3) is 0 Å². The van der Waals surface area contributed by atoms with E-state index in [1.807, 2.05) is 0 Å². The molecule has 0 aliphatic carbocycles. The maximum Gasteiger partial charge on any atom is 0.0431 e. The first kappa shape index (κ1) is 88.8. The van der Waals surface area contributed by atoms with Crippen LogP contribution in [0.5, 0.6) is 0 Å². The predicted molar refractivity (Wildman–Crippen MR) is 376 cm³/mol. The largest absolute Gasteiger partial charge is 0.396 e. The summed E-state index contributed by atoms with van der Waals surface area (Å²) in [5.74, 6) is 0. The Morgan fingerprint density at radius 1 is 0.110 bits per heavy atom. The topological polar surface area (TPSA) is 60.7 Å². The van der Waals surface area contributed by atoms with Crippen molar-refractivity contribution in [2.24, 2.45) is 0 Å². The third-order valence-electron chi connectivity index (χ3n) is 18.0. The van der Waals surface area contributed by atoms with Crippen molar-refractivity contribution in [2.45, 2.75) is 483 Å². The van der Waals surface area contributed by atoms with Gasteiger partial charge in [-0.25, -0.2) is 0 Å². The van der Waals surface area contributed by atoms with Gasteiger partial charge < -0.3 is 15.3 Å². The highest BCUT2D eigenvalue weighted by Gasteiger charge is 2.00. The van der Waals surface area contributed by atoms with Gasteiger partial charge in [-0.2, -0.15) is 0 Å². The first-order valence-corrected chi connectivity index (χ1v) is 39.1. The minimum absolute atomic E-state index is 0. The minimum Gasteiger partial charge on any atom is -0.396 e. The fourth-order valence-corrected chi connectivity index (χ4v) is 12.2. The molecule has 0 rings (SSSR count). The molecule has 0 aliphatic rings. The number of unbranched alkanes of at least 4 members (excludes halogenated alkanes) is 69. The lowest BCUT2D eigenvalue weighted by Gasteiger charge is -2.04. The summed E-state index contributed by atoms with van der Waals surface area (Å²) in [6.07, 6.45) is 102. The van der Waals surface area contributed by atoms with Gasteiger partial charge in [-0.3, -0.25) is 0 Å². The fourth-order valence-electron chi connectivity index (χ4n) is 12.2. The van der Waals surface area contributed by atoms with Gasteiger partial charge in [-0.05, 0) is 19.3 Å². The molecule has 0 amide bonds. The molecule has 0 unspecified atom stereocenters. The van der Waals surface area contributed by atoms with E-state index in [2.05, 4.69) is 20.8 Å². The molecule has 3 radical (unpaired) electrons. The first-order valence-electron chi connectivity index (χ1n) is 39.1. The number of hydrogen-bond acceptors (Lipinski definition) is 3. The van der Waals surface area contributed by atoms with Crippen LogP contribution in [-0.2, 0) is 0 Å². The van der Waals surface area contributed by atoms with Crippen molar-refractivity contribution in [2.75, 3.05) is 19.8 Å². The van der Waals surface area contributed by atoms with E-state index in [-0.39, 0.29) is 17.4 Å². The summed E-state index contributed by atoms with van der Waals surface area (Å²) in [6, 6.07) is 0. The van der Waals surface area contributed by atoms with Gasteiger partial charge in [-0.1, -0.05) is 464 Å². The molecule has 82 heavy (non-hydrogen) atoms. The summed E-state index contributed by atoms with van der Waals surface area (Å²) in [4.78, 5) is 0. The Kier molecular flexibility index (Phi) is 100. The second kappa shape index (κ2) is 92.6. The maximum atomic E-state index is 8.74. The highest BCUT2D eigenvalue weighted by Crippen LogP contribution is 2.20. The SMILES string of the molecule is CCCCCCCCCCCCCCCCCCCCCCCCCCO.CCCCCCCCCCCCCCCCCCCCCCCCCCO.CCCCCCCCCCCCCCCCCCCCCCCCCCO.[Al]. The summed E-state index contributed by atoms with van der Waals surface area (Å²) in [6.45, 7) is 8.02. The normalized spacial score (nSPS) is 11.2. The van der Waals surface area contributed by atoms with E-state index in [4.69, 9.17) is 15.3 Å². The monoisotopic (exact) mass is 1170 g/mol. The predicted octanol–water partition coefficient (Wildman–Crippen LogP) is 27.7. The molecule has 0 saturated heterocycles. The van der Waals surface area contributed by atoms with Crippen molar-refractivity contribution in [3.8, 4) is 0 Å². The summed E-state index contributed by atoms with van der Waals surface area (Å²) in [5, 5.41) is 26.2. The molecule has 0 heterocycles. The van der Waals surface area contributed by atoms with Crippen molar-refractivity contribution in [3.63, 3.8) is 0 Å². The molecule has 3 nitrogen and oxygen atoms in total. The lowest BCUT2D eigenvalue weighted by molar-refractivity contribution is 0.282. The number of aliphatic hydroxyl groups excluding tert-OH is 3. The van der Waals surface area contributed by atoms with Crippen molar-refractivity contribution in [3.05, 3.63) is 0 Å². The van der Waals surface area contributed by atoms with Crippen LogP contribution in [-0.4, -0.2) is 52.5 Å². The van der Waals surface area contributed by atoms with E-state index >= 15 is 0 Å². The second-order valence-electron chi connectivity index (χ2n) is 26.6. The fraction of sp³-hybridized carbons (Fsp3) is 1.00. The van der Waals surface area contributed by atoms with Crippen LogP contribution >= 0.6 is 0 Å². The van der Waals surface area contributed by atoms with Gasteiger partial charge >= 0.3 is 0 Å². The van der Waals surface area contributed by atoms with Crippen LogP contribution in [0.3, 0.4) is 0 Å². The molecule has 0 aromatic rings. The number of hydrogen-bond donors (Lipinski definition) is 3. The summed E-state index contributed by atoms with van der Waals surface area (Å²) < 4.78 is 0. The standard InChI is InChI=1S/3C26H54O.Al/c3*1-2-3-4-5-6-7-8-9-10-11-12-13-14-15-16-17-18-19-20-21-22-23-24-25-26-27;/h3*27H,2-26H2,1H3;. The van der Waals surface area contributed by atoms with Crippen molar-refractivity contribution >= 4 is 17.4 Å². The lowest BCUT2D eigenvalue weighted by atomic mass is 10.0. The third-order valence-corrected chi connectivity index (χ3v) is 18.0. The van der Waals surface area contributed by atoms with E-state index in [9.17, 15) is 0 Å². The van der Waals surface area contributed by atoms with Crippen LogP contribution in [0.15, 0.2) is 0 Å². The zero-order chi connectivity index (χ0) is 59.0. The Morgan fingerprint density at radius 2 is 0.171 bits per heavy atom. The quantitative estimate of drug-likeness (QED) is 0.0420. The van der Waals surface area contributed by atoms with Gasteiger partial charge in [0.15, 0.2) is 0 Å². The van der Waals surface area contributed by atoms with E-state index < -0.39 is 0 Å². The van der Waals surface area contributed by atoms with Gasteiger partial charge in [-0.15, -0.1) is 0 Å². The van der Waals surface area contributed by atoms with Gasteiger partial charge in [0, 0.05) is 37.2 Å². The molecule has 0 aliphatic heterocycles. The van der Waals surface area contributed by atoms with Gasteiger partial charge in [0.1, 0.15) is 0 Å². The Balaban J connectivity index is -0.000000553. The molecule has 0 fully saturated rings. The number of aliphatic hydroxyl groups is 3. The molecule has 0 aromatic heterocycles. The molecule has 4 heteroatoms. The second-order valence-corrected chi connectivity index (χ2v) is 26.6. The zero-order valence-electron chi connectivity index (χ0n) is 58.0. The zero-order valence-corrected chi connectivity index (χ0v) is 59.1. The van der Waals surface area contributed by atoms with Crippen LogP contribution in [0, 0.1) is 0 Å². The molecular formula is C78H162AlO3. The Hall–Kier alpha value is 0.412. The van der Waals surface area contributed by atoms with E-state index in [0.29, 0.717) is 19.8 Å². The molecule has 0 atom stereocenters. The van der Waals surface area contributed by atoms with Gasteiger partial charge in [0.2, 0.25) is 0 Å². The molecule has 3 N–H and O–H groups in total. The Labute approximate surface area is 532 Å². The van der Waals surface area contributed by atoms with Gasteiger partial charge in [0.25, 0.3) is 0 Å².